The molecule has 0 amide bonds. The van der Waals surface area contributed by atoms with Gasteiger partial charge in [0.15, 0.2) is 0 Å². The van der Waals surface area contributed by atoms with Crippen molar-refractivity contribution < 1.29 is 18.3 Å². The van der Waals surface area contributed by atoms with Gasteiger partial charge in [-0.2, -0.15) is 0 Å². The fourth-order valence-corrected chi connectivity index (χ4v) is 1.35. The van der Waals surface area contributed by atoms with Crippen LogP contribution >= 0.6 is 15.9 Å². The second-order valence-corrected chi connectivity index (χ2v) is 3.57. The maximum absolute atomic E-state index is 12.5. The number of esters is 1. The fourth-order valence-electron chi connectivity index (χ4n) is 1.04. The van der Waals surface area contributed by atoms with Crippen LogP contribution in [0.4, 0.5) is 8.78 Å². The van der Waals surface area contributed by atoms with Crippen LogP contribution in [0, 0.1) is 6.92 Å². The number of carbonyl (C=O) groups is 1. The number of aryl methyl sites for hydroxylation is 1. The number of aromatic nitrogens is 1. The summed E-state index contributed by atoms with van der Waals surface area (Å²) >= 11 is 3.02. The van der Waals surface area contributed by atoms with Crippen molar-refractivity contribution in [1.82, 2.24) is 4.98 Å². The number of hydrogen-bond acceptors (Lipinski definition) is 3. The summed E-state index contributed by atoms with van der Waals surface area (Å²) in [5.74, 6) is -0.812. The van der Waals surface area contributed by atoms with Gasteiger partial charge in [0.25, 0.3) is 6.43 Å². The highest BCUT2D eigenvalue weighted by Gasteiger charge is 2.22. The van der Waals surface area contributed by atoms with E-state index in [0.29, 0.717) is 10.2 Å². The monoisotopic (exact) mass is 279 g/mol. The molecule has 0 aliphatic heterocycles. The van der Waals surface area contributed by atoms with Crippen LogP contribution in [0.15, 0.2) is 10.7 Å². The molecule has 0 bridgehead atoms. The maximum Gasteiger partial charge on any atom is 0.339 e. The van der Waals surface area contributed by atoms with Crippen molar-refractivity contribution in [2.45, 2.75) is 13.3 Å². The van der Waals surface area contributed by atoms with Gasteiger partial charge in [0.1, 0.15) is 10.3 Å². The Balaban J connectivity index is 3.34. The number of halogens is 3. The predicted molar refractivity (Wildman–Crippen MR) is 53.0 cm³/mol. The third-order valence-corrected chi connectivity index (χ3v) is 2.60. The highest BCUT2D eigenvalue weighted by atomic mass is 79.9. The molecular weight excluding hydrogens is 272 g/mol. The van der Waals surface area contributed by atoms with E-state index in [1.54, 1.807) is 6.92 Å². The van der Waals surface area contributed by atoms with Gasteiger partial charge in [0.05, 0.1) is 12.7 Å². The Morgan fingerprint density at radius 3 is 2.67 bits per heavy atom. The van der Waals surface area contributed by atoms with Gasteiger partial charge in [0.2, 0.25) is 0 Å². The first kappa shape index (κ1) is 12.0. The van der Waals surface area contributed by atoms with Crippen LogP contribution in [0.5, 0.6) is 0 Å². The van der Waals surface area contributed by atoms with Crippen molar-refractivity contribution in [2.24, 2.45) is 0 Å². The van der Waals surface area contributed by atoms with E-state index in [1.807, 2.05) is 0 Å². The van der Waals surface area contributed by atoms with Crippen LogP contribution in [0.25, 0.3) is 0 Å². The second-order valence-electron chi connectivity index (χ2n) is 2.82. The van der Waals surface area contributed by atoms with Crippen molar-refractivity contribution in [2.75, 3.05) is 7.11 Å². The number of hydrogen-bond donors (Lipinski definition) is 0. The minimum Gasteiger partial charge on any atom is -0.465 e. The largest absolute Gasteiger partial charge is 0.465 e. The topological polar surface area (TPSA) is 39.2 Å². The van der Waals surface area contributed by atoms with E-state index in [4.69, 9.17) is 0 Å². The minimum atomic E-state index is -2.81. The van der Waals surface area contributed by atoms with Gasteiger partial charge < -0.3 is 4.74 Å². The number of pyridine rings is 1. The van der Waals surface area contributed by atoms with Crippen LogP contribution < -0.4 is 0 Å². The molecule has 0 saturated heterocycles. The molecule has 0 aliphatic carbocycles. The molecule has 82 valence electrons. The Morgan fingerprint density at radius 2 is 2.20 bits per heavy atom. The minimum absolute atomic E-state index is 0.201. The van der Waals surface area contributed by atoms with Gasteiger partial charge in [0, 0.05) is 0 Å². The third-order valence-electron chi connectivity index (χ3n) is 1.79. The molecule has 0 spiro atoms. The molecule has 0 saturated carbocycles. The first-order chi connectivity index (χ1) is 6.97. The van der Waals surface area contributed by atoms with Gasteiger partial charge in [-0.05, 0) is 34.5 Å². The highest BCUT2D eigenvalue weighted by Crippen LogP contribution is 2.25. The normalized spacial score (nSPS) is 10.5. The number of methoxy groups -OCH3 is 1. The molecule has 0 N–H and O–H groups in total. The van der Waals surface area contributed by atoms with E-state index in [1.165, 1.54) is 6.07 Å². The maximum atomic E-state index is 12.5. The van der Waals surface area contributed by atoms with Crippen LogP contribution in [-0.2, 0) is 4.74 Å². The zero-order valence-electron chi connectivity index (χ0n) is 8.05. The SMILES string of the molecule is COC(=O)c1cc(C)c(Br)nc1C(F)F. The van der Waals surface area contributed by atoms with E-state index < -0.39 is 18.1 Å². The summed E-state index contributed by atoms with van der Waals surface area (Å²) in [5.41, 5.74) is -0.174. The van der Waals surface area contributed by atoms with Gasteiger partial charge in [-0.15, -0.1) is 0 Å². The summed E-state index contributed by atoms with van der Waals surface area (Å²) in [5, 5.41) is 0. The predicted octanol–water partition coefficient (Wildman–Crippen LogP) is 2.88. The molecule has 0 atom stereocenters. The van der Waals surface area contributed by atoms with Crippen molar-refractivity contribution in [3.05, 3.63) is 27.5 Å². The average molecular weight is 280 g/mol. The number of alkyl halides is 2. The quantitative estimate of drug-likeness (QED) is 0.617. The smallest absolute Gasteiger partial charge is 0.339 e. The molecule has 1 aromatic rings. The Morgan fingerprint density at radius 1 is 1.60 bits per heavy atom. The lowest BCUT2D eigenvalue weighted by atomic mass is 10.1. The molecule has 1 rings (SSSR count). The van der Waals surface area contributed by atoms with Gasteiger partial charge in [-0.1, -0.05) is 0 Å². The van der Waals surface area contributed by atoms with Gasteiger partial charge >= 0.3 is 5.97 Å². The Hall–Kier alpha value is -1.04. The molecule has 15 heavy (non-hydrogen) atoms. The molecule has 1 heterocycles. The molecule has 3 nitrogen and oxygen atoms in total. The standard InChI is InChI=1S/C9H8BrF2NO2/c1-4-3-5(9(14)15-2)6(8(11)12)13-7(4)10/h3,8H,1-2H3. The van der Waals surface area contributed by atoms with Crippen molar-refractivity contribution >= 4 is 21.9 Å². The summed E-state index contributed by atoms with van der Waals surface area (Å²) in [6, 6.07) is 1.32. The first-order valence-corrected chi connectivity index (χ1v) is 4.80. The molecule has 6 heteroatoms. The molecule has 0 unspecified atom stereocenters. The van der Waals surface area contributed by atoms with E-state index in [0.717, 1.165) is 7.11 Å². The fraction of sp³-hybridized carbons (Fsp3) is 0.333. The zero-order valence-corrected chi connectivity index (χ0v) is 9.64. The molecule has 1 aromatic heterocycles. The molecular formula is C9H8BrF2NO2. The average Bonchev–Trinajstić information content (AvgIpc) is 2.20. The van der Waals surface area contributed by atoms with E-state index in [2.05, 4.69) is 25.7 Å². The van der Waals surface area contributed by atoms with Crippen LogP contribution in [0.2, 0.25) is 0 Å². The Kier molecular flexibility index (Phi) is 3.73. The highest BCUT2D eigenvalue weighted by molar-refractivity contribution is 9.10. The van der Waals surface area contributed by atoms with Crippen LogP contribution in [0.3, 0.4) is 0 Å². The zero-order chi connectivity index (χ0) is 11.6. The number of ether oxygens (including phenoxy) is 1. The summed E-state index contributed by atoms with van der Waals surface area (Å²) in [6.45, 7) is 1.65. The van der Waals surface area contributed by atoms with E-state index in [-0.39, 0.29) is 5.56 Å². The Bertz CT molecular complexity index is 396. The summed E-state index contributed by atoms with van der Waals surface area (Å²) in [4.78, 5) is 14.8. The summed E-state index contributed by atoms with van der Waals surface area (Å²) in [7, 11) is 1.13. The summed E-state index contributed by atoms with van der Waals surface area (Å²) in [6.07, 6.45) is -2.81. The summed E-state index contributed by atoms with van der Waals surface area (Å²) < 4.78 is 29.8. The lowest BCUT2D eigenvalue weighted by Crippen LogP contribution is -2.09. The number of carbonyl (C=O) groups excluding carboxylic acids is 1. The molecule has 0 aromatic carbocycles. The van der Waals surface area contributed by atoms with Crippen molar-refractivity contribution in [3.8, 4) is 0 Å². The third kappa shape index (κ3) is 2.50. The lowest BCUT2D eigenvalue weighted by molar-refractivity contribution is 0.0587. The second kappa shape index (κ2) is 4.65. The Labute approximate surface area is 93.6 Å². The first-order valence-electron chi connectivity index (χ1n) is 4.01. The van der Waals surface area contributed by atoms with E-state index in [9.17, 15) is 13.6 Å². The molecule has 0 fully saturated rings. The van der Waals surface area contributed by atoms with E-state index >= 15 is 0 Å². The van der Waals surface area contributed by atoms with Crippen molar-refractivity contribution in [3.63, 3.8) is 0 Å². The number of nitrogens with zero attached hydrogens (tertiary/aromatic N) is 1. The van der Waals surface area contributed by atoms with Crippen molar-refractivity contribution in [1.29, 1.82) is 0 Å². The molecule has 0 aliphatic rings. The van der Waals surface area contributed by atoms with Crippen LogP contribution in [0.1, 0.15) is 28.0 Å². The lowest BCUT2D eigenvalue weighted by Gasteiger charge is -2.08. The van der Waals surface area contributed by atoms with Gasteiger partial charge in [-0.25, -0.2) is 18.6 Å². The number of rotatable bonds is 2. The molecule has 0 radical (unpaired) electrons. The van der Waals surface area contributed by atoms with Crippen LogP contribution in [-0.4, -0.2) is 18.1 Å². The van der Waals surface area contributed by atoms with Gasteiger partial charge in [-0.3, -0.25) is 0 Å².